The van der Waals surface area contributed by atoms with Gasteiger partial charge >= 0.3 is 0 Å². The zero-order valence-corrected chi connectivity index (χ0v) is 9.34. The molecule has 1 aromatic heterocycles. The maximum absolute atomic E-state index is 8.86. The number of hydrogen-bond donors (Lipinski definition) is 0. The molecule has 0 radical (unpaired) electrons. The minimum Gasteiger partial charge on any atom is -0.490 e. The Morgan fingerprint density at radius 1 is 1.69 bits per heavy atom. The lowest BCUT2D eigenvalue weighted by atomic mass is 10.1. The van der Waals surface area contributed by atoms with Crippen molar-refractivity contribution in [2.75, 3.05) is 20.2 Å². The van der Waals surface area contributed by atoms with Gasteiger partial charge in [-0.05, 0) is 25.6 Å². The maximum atomic E-state index is 8.86. The molecule has 2 rings (SSSR count). The van der Waals surface area contributed by atoms with Gasteiger partial charge in [0.05, 0.1) is 18.2 Å². The lowest BCUT2D eigenvalue weighted by Crippen LogP contribution is -2.30. The lowest BCUT2D eigenvalue weighted by Gasteiger charge is -2.19. The number of hydrogen-bond acceptors (Lipinski definition) is 4. The Morgan fingerprint density at radius 3 is 3.19 bits per heavy atom. The number of pyridine rings is 1. The Balaban J connectivity index is 1.85. The molecule has 16 heavy (non-hydrogen) atoms. The molecule has 84 valence electrons. The summed E-state index contributed by atoms with van der Waals surface area (Å²) in [5.41, 5.74) is 0. The number of likely N-dealkylation sites (N-methyl/N-ethyl adjacent to an activating group) is 1. The smallest absolute Gasteiger partial charge is 0.137 e. The summed E-state index contributed by atoms with van der Waals surface area (Å²) in [7, 11) is 2.04. The average molecular weight is 217 g/mol. The van der Waals surface area contributed by atoms with Gasteiger partial charge in [0.1, 0.15) is 12.4 Å². The highest BCUT2D eigenvalue weighted by Crippen LogP contribution is 2.21. The van der Waals surface area contributed by atoms with Gasteiger partial charge in [0, 0.05) is 18.8 Å². The number of likely N-dealkylation sites (tertiary alicyclic amines) is 1. The molecule has 2 atom stereocenters. The molecular weight excluding hydrogens is 202 g/mol. The van der Waals surface area contributed by atoms with Gasteiger partial charge in [0.25, 0.3) is 0 Å². The summed E-state index contributed by atoms with van der Waals surface area (Å²) in [5.74, 6) is 0.934. The third-order valence-electron chi connectivity index (χ3n) is 2.95. The molecule has 0 bridgehead atoms. The summed E-state index contributed by atoms with van der Waals surface area (Å²) in [6.07, 6.45) is 4.32. The highest BCUT2D eigenvalue weighted by molar-refractivity contribution is 5.15. The van der Waals surface area contributed by atoms with E-state index < -0.39 is 0 Å². The number of nitriles is 1. The van der Waals surface area contributed by atoms with Gasteiger partial charge in [-0.1, -0.05) is 0 Å². The standard InChI is InChI=1S/C12H15N3O/c1-15-8-10(6-13)5-11(15)9-16-12-3-2-4-14-7-12/h2-4,7,10-11H,5,8-9H2,1H3. The van der Waals surface area contributed by atoms with Crippen molar-refractivity contribution in [1.29, 1.82) is 5.26 Å². The SMILES string of the molecule is CN1CC(C#N)CC1COc1cccnc1. The first-order valence-corrected chi connectivity index (χ1v) is 5.42. The number of rotatable bonds is 3. The predicted molar refractivity (Wildman–Crippen MR) is 59.9 cm³/mol. The molecule has 1 aliphatic rings. The molecule has 1 aromatic rings. The first-order valence-electron chi connectivity index (χ1n) is 5.42. The topological polar surface area (TPSA) is 49.2 Å². The molecule has 2 unspecified atom stereocenters. The summed E-state index contributed by atoms with van der Waals surface area (Å²) in [6, 6.07) is 6.40. The summed E-state index contributed by atoms with van der Waals surface area (Å²) in [6.45, 7) is 1.47. The molecule has 0 aliphatic carbocycles. The van der Waals surface area contributed by atoms with E-state index in [9.17, 15) is 0 Å². The van der Waals surface area contributed by atoms with Crippen LogP contribution < -0.4 is 4.74 Å². The third-order valence-corrected chi connectivity index (χ3v) is 2.95. The van der Waals surface area contributed by atoms with Gasteiger partial charge in [0.2, 0.25) is 0 Å². The van der Waals surface area contributed by atoms with E-state index in [1.54, 1.807) is 12.4 Å². The van der Waals surface area contributed by atoms with Crippen molar-refractivity contribution in [3.05, 3.63) is 24.5 Å². The molecule has 0 amide bonds. The molecule has 0 saturated carbocycles. The molecule has 2 heterocycles. The quantitative estimate of drug-likeness (QED) is 0.765. The van der Waals surface area contributed by atoms with Crippen molar-refractivity contribution >= 4 is 0 Å². The van der Waals surface area contributed by atoms with Gasteiger partial charge in [0.15, 0.2) is 0 Å². The molecule has 1 aliphatic heterocycles. The number of nitrogens with zero attached hydrogens (tertiary/aromatic N) is 3. The van der Waals surface area contributed by atoms with Crippen LogP contribution in [0.3, 0.4) is 0 Å². The fourth-order valence-electron chi connectivity index (χ4n) is 1.99. The van der Waals surface area contributed by atoms with Gasteiger partial charge < -0.3 is 4.74 Å². The van der Waals surface area contributed by atoms with E-state index in [2.05, 4.69) is 16.0 Å². The molecule has 0 N–H and O–H groups in total. The summed E-state index contributed by atoms with van der Waals surface area (Å²) in [5, 5.41) is 8.86. The lowest BCUT2D eigenvalue weighted by molar-refractivity contribution is 0.198. The van der Waals surface area contributed by atoms with Crippen LogP contribution in [0.25, 0.3) is 0 Å². The molecule has 1 fully saturated rings. The van der Waals surface area contributed by atoms with E-state index in [1.807, 2.05) is 19.2 Å². The maximum Gasteiger partial charge on any atom is 0.137 e. The van der Waals surface area contributed by atoms with Crippen LogP contribution in [0.5, 0.6) is 5.75 Å². The highest BCUT2D eigenvalue weighted by atomic mass is 16.5. The molecule has 4 nitrogen and oxygen atoms in total. The van der Waals surface area contributed by atoms with E-state index in [4.69, 9.17) is 10.00 Å². The second-order valence-corrected chi connectivity index (χ2v) is 4.15. The van der Waals surface area contributed by atoms with Crippen LogP contribution >= 0.6 is 0 Å². The molecular formula is C12H15N3O. The van der Waals surface area contributed by atoms with E-state index >= 15 is 0 Å². The first kappa shape index (κ1) is 10.9. The van der Waals surface area contributed by atoms with Crippen molar-refractivity contribution in [2.45, 2.75) is 12.5 Å². The van der Waals surface area contributed by atoms with E-state index in [0.29, 0.717) is 12.6 Å². The van der Waals surface area contributed by atoms with Crippen LogP contribution in [-0.2, 0) is 0 Å². The Bertz CT molecular complexity index is 374. The van der Waals surface area contributed by atoms with Crippen molar-refractivity contribution < 1.29 is 4.74 Å². The summed E-state index contributed by atoms with van der Waals surface area (Å²) in [4.78, 5) is 6.17. The summed E-state index contributed by atoms with van der Waals surface area (Å²) >= 11 is 0. The second kappa shape index (κ2) is 4.95. The molecule has 4 heteroatoms. The van der Waals surface area contributed by atoms with Crippen LogP contribution in [0.1, 0.15) is 6.42 Å². The van der Waals surface area contributed by atoms with Gasteiger partial charge in [-0.3, -0.25) is 9.88 Å². The second-order valence-electron chi connectivity index (χ2n) is 4.15. The Hall–Kier alpha value is -1.60. The minimum atomic E-state index is 0.146. The largest absolute Gasteiger partial charge is 0.490 e. The van der Waals surface area contributed by atoms with Crippen LogP contribution in [0, 0.1) is 17.2 Å². The zero-order chi connectivity index (χ0) is 11.4. The summed E-state index contributed by atoms with van der Waals surface area (Å²) < 4.78 is 5.64. The minimum absolute atomic E-state index is 0.146. The molecule has 0 aromatic carbocycles. The highest BCUT2D eigenvalue weighted by Gasteiger charge is 2.29. The third kappa shape index (κ3) is 2.50. The Kier molecular flexibility index (Phi) is 3.37. The number of ether oxygens (including phenoxy) is 1. The van der Waals surface area contributed by atoms with Crippen LogP contribution in [0.15, 0.2) is 24.5 Å². The van der Waals surface area contributed by atoms with Crippen molar-refractivity contribution in [3.63, 3.8) is 0 Å². The van der Waals surface area contributed by atoms with Crippen molar-refractivity contribution in [3.8, 4) is 11.8 Å². The van der Waals surface area contributed by atoms with Gasteiger partial charge in [-0.2, -0.15) is 5.26 Å². The normalized spacial score (nSPS) is 25.2. The molecule has 0 spiro atoms. The van der Waals surface area contributed by atoms with Gasteiger partial charge in [-0.15, -0.1) is 0 Å². The van der Waals surface area contributed by atoms with Crippen LogP contribution in [0.4, 0.5) is 0 Å². The first-order chi connectivity index (χ1) is 7.79. The fourth-order valence-corrected chi connectivity index (χ4v) is 1.99. The van der Waals surface area contributed by atoms with E-state index in [0.717, 1.165) is 18.7 Å². The van der Waals surface area contributed by atoms with Crippen molar-refractivity contribution in [2.24, 2.45) is 5.92 Å². The average Bonchev–Trinajstić information content (AvgIpc) is 2.69. The zero-order valence-electron chi connectivity index (χ0n) is 9.34. The fraction of sp³-hybridized carbons (Fsp3) is 0.500. The van der Waals surface area contributed by atoms with Crippen LogP contribution in [-0.4, -0.2) is 36.1 Å². The van der Waals surface area contributed by atoms with E-state index in [-0.39, 0.29) is 5.92 Å². The Labute approximate surface area is 95.5 Å². The monoisotopic (exact) mass is 217 g/mol. The van der Waals surface area contributed by atoms with E-state index in [1.165, 1.54) is 0 Å². The van der Waals surface area contributed by atoms with Gasteiger partial charge in [-0.25, -0.2) is 0 Å². The Morgan fingerprint density at radius 2 is 2.56 bits per heavy atom. The van der Waals surface area contributed by atoms with Crippen LogP contribution in [0.2, 0.25) is 0 Å². The number of aromatic nitrogens is 1. The molecule has 1 saturated heterocycles. The predicted octanol–water partition coefficient (Wildman–Crippen LogP) is 1.30. The van der Waals surface area contributed by atoms with Crippen molar-refractivity contribution in [1.82, 2.24) is 9.88 Å².